The van der Waals surface area contributed by atoms with E-state index in [-0.39, 0.29) is 12.3 Å². The normalized spacial score (nSPS) is 10.9. The Labute approximate surface area is 128 Å². The van der Waals surface area contributed by atoms with Crippen molar-refractivity contribution in [2.24, 2.45) is 5.92 Å². The summed E-state index contributed by atoms with van der Waals surface area (Å²) in [7, 11) is 0. The fourth-order valence-electron chi connectivity index (χ4n) is 2.22. The van der Waals surface area contributed by atoms with Crippen molar-refractivity contribution in [3.8, 4) is 0 Å². The SMILES string of the molecule is CC(C)Cn1ccnc1CNc1cc(CO)ccc1[N+](=O)[O-]. The molecule has 0 amide bonds. The maximum atomic E-state index is 11.1. The second-order valence-electron chi connectivity index (χ2n) is 5.51. The van der Waals surface area contributed by atoms with Crippen LogP contribution in [0.5, 0.6) is 0 Å². The van der Waals surface area contributed by atoms with Gasteiger partial charge in [-0.1, -0.05) is 13.8 Å². The van der Waals surface area contributed by atoms with E-state index in [2.05, 4.69) is 24.1 Å². The Hall–Kier alpha value is -2.41. The van der Waals surface area contributed by atoms with E-state index in [4.69, 9.17) is 0 Å². The maximum Gasteiger partial charge on any atom is 0.292 e. The van der Waals surface area contributed by atoms with Crippen molar-refractivity contribution in [2.45, 2.75) is 33.5 Å². The molecule has 0 unspecified atom stereocenters. The van der Waals surface area contributed by atoms with Crippen LogP contribution >= 0.6 is 0 Å². The quantitative estimate of drug-likeness (QED) is 0.605. The summed E-state index contributed by atoms with van der Waals surface area (Å²) in [6.07, 6.45) is 3.62. The fraction of sp³-hybridized carbons (Fsp3) is 0.400. The molecule has 0 radical (unpaired) electrons. The molecule has 2 N–H and O–H groups in total. The lowest BCUT2D eigenvalue weighted by Crippen LogP contribution is -2.12. The van der Waals surface area contributed by atoms with E-state index in [0.29, 0.717) is 23.7 Å². The molecule has 7 heteroatoms. The van der Waals surface area contributed by atoms with Gasteiger partial charge in [-0.25, -0.2) is 4.98 Å². The number of aliphatic hydroxyl groups excluding tert-OH is 1. The van der Waals surface area contributed by atoms with Crippen LogP contribution in [0.25, 0.3) is 0 Å². The molecule has 1 aromatic heterocycles. The molecule has 0 atom stereocenters. The van der Waals surface area contributed by atoms with Crippen molar-refractivity contribution in [3.63, 3.8) is 0 Å². The number of imidazole rings is 1. The van der Waals surface area contributed by atoms with Crippen LogP contribution in [0.2, 0.25) is 0 Å². The molecule has 1 heterocycles. The molecule has 118 valence electrons. The van der Waals surface area contributed by atoms with Gasteiger partial charge in [-0.15, -0.1) is 0 Å². The van der Waals surface area contributed by atoms with Gasteiger partial charge in [0.15, 0.2) is 0 Å². The second-order valence-corrected chi connectivity index (χ2v) is 5.51. The van der Waals surface area contributed by atoms with Crippen molar-refractivity contribution in [3.05, 3.63) is 52.1 Å². The Balaban J connectivity index is 2.17. The summed E-state index contributed by atoms with van der Waals surface area (Å²) >= 11 is 0. The number of hydrogen-bond donors (Lipinski definition) is 2. The van der Waals surface area contributed by atoms with Gasteiger partial charge in [-0.3, -0.25) is 10.1 Å². The van der Waals surface area contributed by atoms with E-state index < -0.39 is 4.92 Å². The third-order valence-corrected chi connectivity index (χ3v) is 3.24. The molecule has 0 fully saturated rings. The number of nitrogens with one attached hydrogen (secondary N) is 1. The lowest BCUT2D eigenvalue weighted by atomic mass is 10.2. The highest BCUT2D eigenvalue weighted by Crippen LogP contribution is 2.26. The molecule has 0 aliphatic rings. The Kier molecular flexibility index (Phi) is 5.11. The number of benzene rings is 1. The Morgan fingerprint density at radius 2 is 2.23 bits per heavy atom. The van der Waals surface area contributed by atoms with Crippen LogP contribution in [0.15, 0.2) is 30.6 Å². The number of nitro benzene ring substituents is 1. The molecule has 7 nitrogen and oxygen atoms in total. The molecular weight excluding hydrogens is 284 g/mol. The molecule has 2 aromatic rings. The number of hydrogen-bond acceptors (Lipinski definition) is 5. The zero-order chi connectivity index (χ0) is 16.1. The van der Waals surface area contributed by atoms with Crippen molar-refractivity contribution in [1.82, 2.24) is 9.55 Å². The van der Waals surface area contributed by atoms with E-state index in [9.17, 15) is 15.2 Å². The molecular formula is C15H20N4O3. The Morgan fingerprint density at radius 1 is 1.45 bits per heavy atom. The zero-order valence-electron chi connectivity index (χ0n) is 12.7. The molecule has 2 rings (SSSR count). The van der Waals surface area contributed by atoms with Crippen molar-refractivity contribution < 1.29 is 10.0 Å². The van der Waals surface area contributed by atoms with Gasteiger partial charge in [0.2, 0.25) is 0 Å². The second kappa shape index (κ2) is 7.04. The highest BCUT2D eigenvalue weighted by atomic mass is 16.6. The summed E-state index contributed by atoms with van der Waals surface area (Å²) in [5, 5.41) is 23.3. The number of aromatic nitrogens is 2. The highest BCUT2D eigenvalue weighted by molar-refractivity contribution is 5.62. The number of nitrogens with zero attached hydrogens (tertiary/aromatic N) is 3. The van der Waals surface area contributed by atoms with Crippen molar-refractivity contribution in [1.29, 1.82) is 0 Å². The average Bonchev–Trinajstić information content (AvgIpc) is 2.91. The average molecular weight is 304 g/mol. The van der Waals surface area contributed by atoms with E-state index in [0.717, 1.165) is 12.4 Å². The minimum Gasteiger partial charge on any atom is -0.392 e. The predicted octanol–water partition coefficient (Wildman–Crippen LogP) is 2.55. The number of anilines is 1. The van der Waals surface area contributed by atoms with E-state index in [1.54, 1.807) is 18.3 Å². The first kappa shape index (κ1) is 16.0. The van der Waals surface area contributed by atoms with Gasteiger partial charge in [0.1, 0.15) is 11.5 Å². The van der Waals surface area contributed by atoms with Crippen LogP contribution in [0, 0.1) is 16.0 Å². The first-order valence-corrected chi connectivity index (χ1v) is 7.13. The molecule has 0 saturated carbocycles. The van der Waals surface area contributed by atoms with Crippen LogP contribution in [0.3, 0.4) is 0 Å². The van der Waals surface area contributed by atoms with Crippen LogP contribution in [-0.4, -0.2) is 19.6 Å². The van der Waals surface area contributed by atoms with Crippen LogP contribution < -0.4 is 5.32 Å². The van der Waals surface area contributed by atoms with Gasteiger partial charge in [0.05, 0.1) is 18.1 Å². The number of nitro groups is 1. The highest BCUT2D eigenvalue weighted by Gasteiger charge is 2.14. The predicted molar refractivity (Wildman–Crippen MR) is 83.4 cm³/mol. The van der Waals surface area contributed by atoms with Gasteiger partial charge in [-0.05, 0) is 23.6 Å². The van der Waals surface area contributed by atoms with Crippen LogP contribution in [0.4, 0.5) is 11.4 Å². The minimum atomic E-state index is -0.440. The smallest absolute Gasteiger partial charge is 0.292 e. The monoisotopic (exact) mass is 304 g/mol. The molecule has 22 heavy (non-hydrogen) atoms. The molecule has 1 aromatic carbocycles. The summed E-state index contributed by atoms with van der Waals surface area (Å²) < 4.78 is 2.03. The van der Waals surface area contributed by atoms with Gasteiger partial charge in [-0.2, -0.15) is 0 Å². The molecule has 0 spiro atoms. The van der Waals surface area contributed by atoms with Crippen molar-refractivity contribution in [2.75, 3.05) is 5.32 Å². The summed E-state index contributed by atoms with van der Waals surface area (Å²) in [6.45, 7) is 5.30. The summed E-state index contributed by atoms with van der Waals surface area (Å²) in [4.78, 5) is 14.9. The van der Waals surface area contributed by atoms with E-state index in [1.165, 1.54) is 6.07 Å². The molecule has 0 aliphatic carbocycles. The van der Waals surface area contributed by atoms with E-state index in [1.807, 2.05) is 10.8 Å². The minimum absolute atomic E-state index is 0.0147. The first-order valence-electron chi connectivity index (χ1n) is 7.13. The van der Waals surface area contributed by atoms with Crippen LogP contribution in [-0.2, 0) is 19.7 Å². The third-order valence-electron chi connectivity index (χ3n) is 3.24. The number of rotatable bonds is 7. The largest absolute Gasteiger partial charge is 0.392 e. The summed E-state index contributed by atoms with van der Waals surface area (Å²) in [6, 6.07) is 4.53. The molecule has 0 bridgehead atoms. The Bertz CT molecular complexity index is 652. The fourth-order valence-corrected chi connectivity index (χ4v) is 2.22. The molecule has 0 aliphatic heterocycles. The first-order chi connectivity index (χ1) is 10.5. The maximum absolute atomic E-state index is 11.1. The zero-order valence-corrected chi connectivity index (χ0v) is 12.7. The number of aliphatic hydroxyl groups is 1. The van der Waals surface area contributed by atoms with E-state index >= 15 is 0 Å². The van der Waals surface area contributed by atoms with Crippen LogP contribution in [0.1, 0.15) is 25.2 Å². The Morgan fingerprint density at radius 3 is 2.86 bits per heavy atom. The lowest BCUT2D eigenvalue weighted by Gasteiger charge is -2.12. The van der Waals surface area contributed by atoms with Crippen molar-refractivity contribution >= 4 is 11.4 Å². The molecule has 0 saturated heterocycles. The summed E-state index contributed by atoms with van der Waals surface area (Å²) in [5.74, 6) is 1.30. The third kappa shape index (κ3) is 3.82. The lowest BCUT2D eigenvalue weighted by molar-refractivity contribution is -0.384. The van der Waals surface area contributed by atoms with Gasteiger partial charge in [0.25, 0.3) is 5.69 Å². The standard InChI is InChI=1S/C15H20N4O3/c1-11(2)9-18-6-5-16-15(18)8-17-13-7-12(10-20)3-4-14(13)19(21)22/h3-7,11,17,20H,8-10H2,1-2H3. The van der Waals surface area contributed by atoms with Gasteiger partial charge >= 0.3 is 0 Å². The van der Waals surface area contributed by atoms with Gasteiger partial charge in [0, 0.05) is 25.0 Å². The topological polar surface area (TPSA) is 93.2 Å². The summed E-state index contributed by atoms with van der Waals surface area (Å²) in [5.41, 5.74) is 0.994. The van der Waals surface area contributed by atoms with Gasteiger partial charge < -0.3 is 15.0 Å².